The summed E-state index contributed by atoms with van der Waals surface area (Å²) in [7, 11) is 0. The highest BCUT2D eigenvalue weighted by atomic mass is 32.2. The number of carbonyl (C=O) groups excluding carboxylic acids is 3. The Kier molecular flexibility index (Phi) is 7.40. The van der Waals surface area contributed by atoms with Crippen LogP contribution in [0.4, 0.5) is 4.79 Å². The standard InChI is InChI=1S/C18H20N4O4S3/c1-28-17-21-22(18(27)29-17)13-8-6-11(7-9-13)15(24)26-10-14(23)20-16(25)19-12-4-2-3-5-12/h6-9,12H,2-5,10H2,1H3,(H2,19,20,23,25). The molecule has 0 atom stereocenters. The van der Waals surface area contributed by atoms with Gasteiger partial charge in [-0.05, 0) is 55.6 Å². The fourth-order valence-electron chi connectivity index (χ4n) is 2.91. The molecule has 0 unspecified atom stereocenters. The molecule has 1 aromatic carbocycles. The fraction of sp³-hybridized carbons (Fsp3) is 0.389. The largest absolute Gasteiger partial charge is 0.452 e. The Morgan fingerprint density at radius 1 is 1.28 bits per heavy atom. The van der Waals surface area contributed by atoms with Crippen molar-refractivity contribution in [1.82, 2.24) is 20.4 Å². The molecule has 1 aromatic heterocycles. The van der Waals surface area contributed by atoms with Gasteiger partial charge >= 0.3 is 12.0 Å². The number of imide groups is 1. The molecule has 1 aliphatic rings. The van der Waals surface area contributed by atoms with Gasteiger partial charge in [-0.25, -0.2) is 14.3 Å². The molecule has 154 valence electrons. The SMILES string of the molecule is CSc1nn(-c2ccc(C(=O)OCC(=O)NC(=O)NC3CCCC3)cc2)c(=S)s1. The normalized spacial score (nSPS) is 13.8. The molecule has 3 amide bonds. The number of nitrogens with zero attached hydrogens (tertiary/aromatic N) is 2. The summed E-state index contributed by atoms with van der Waals surface area (Å²) in [5.74, 6) is -1.33. The van der Waals surface area contributed by atoms with E-state index in [4.69, 9.17) is 17.0 Å². The van der Waals surface area contributed by atoms with Crippen molar-refractivity contribution < 1.29 is 19.1 Å². The van der Waals surface area contributed by atoms with Gasteiger partial charge in [0.15, 0.2) is 14.9 Å². The van der Waals surface area contributed by atoms with Gasteiger partial charge in [0.2, 0.25) is 0 Å². The van der Waals surface area contributed by atoms with Gasteiger partial charge in [-0.1, -0.05) is 35.9 Å². The molecular formula is C18H20N4O4S3. The van der Waals surface area contributed by atoms with Crippen LogP contribution in [-0.2, 0) is 9.53 Å². The highest BCUT2D eigenvalue weighted by Gasteiger charge is 2.19. The van der Waals surface area contributed by atoms with Crippen LogP contribution in [0.5, 0.6) is 0 Å². The van der Waals surface area contributed by atoms with E-state index in [0.717, 1.165) is 35.7 Å². The monoisotopic (exact) mass is 452 g/mol. The van der Waals surface area contributed by atoms with Crippen molar-refractivity contribution in [3.63, 3.8) is 0 Å². The van der Waals surface area contributed by atoms with Crippen molar-refractivity contribution in [2.24, 2.45) is 0 Å². The van der Waals surface area contributed by atoms with Gasteiger partial charge in [0.1, 0.15) is 0 Å². The zero-order chi connectivity index (χ0) is 20.8. The number of esters is 1. The number of thioether (sulfide) groups is 1. The Bertz CT molecular complexity index is 949. The molecule has 8 nitrogen and oxygen atoms in total. The molecule has 0 spiro atoms. The molecular weight excluding hydrogens is 432 g/mol. The van der Waals surface area contributed by atoms with Gasteiger partial charge in [-0.2, -0.15) is 0 Å². The van der Waals surface area contributed by atoms with Gasteiger partial charge in [0.25, 0.3) is 5.91 Å². The molecule has 0 bridgehead atoms. The number of nitrogens with one attached hydrogen (secondary N) is 2. The van der Waals surface area contributed by atoms with Gasteiger partial charge < -0.3 is 10.1 Å². The van der Waals surface area contributed by atoms with Crippen LogP contribution in [0.25, 0.3) is 5.69 Å². The van der Waals surface area contributed by atoms with Crippen molar-refractivity contribution in [2.75, 3.05) is 12.9 Å². The molecule has 0 saturated heterocycles. The summed E-state index contributed by atoms with van der Waals surface area (Å²) in [5.41, 5.74) is 1.01. The van der Waals surface area contributed by atoms with Gasteiger partial charge in [0, 0.05) is 6.04 Å². The highest BCUT2D eigenvalue weighted by molar-refractivity contribution is 8.00. The molecule has 0 aliphatic heterocycles. The maximum atomic E-state index is 12.1. The van der Waals surface area contributed by atoms with Crippen molar-refractivity contribution in [3.05, 3.63) is 33.8 Å². The number of urea groups is 1. The predicted octanol–water partition coefficient (Wildman–Crippen LogP) is 3.31. The first-order valence-corrected chi connectivity index (χ1v) is 11.4. The van der Waals surface area contributed by atoms with E-state index in [-0.39, 0.29) is 11.6 Å². The van der Waals surface area contributed by atoms with Gasteiger partial charge in [-0.15, -0.1) is 5.10 Å². The first-order valence-electron chi connectivity index (χ1n) is 8.98. The maximum absolute atomic E-state index is 12.1. The third-order valence-corrected chi connectivity index (χ3v) is 6.54. The van der Waals surface area contributed by atoms with Crippen LogP contribution in [-0.4, -0.2) is 46.6 Å². The molecule has 1 saturated carbocycles. The van der Waals surface area contributed by atoms with Crippen LogP contribution < -0.4 is 10.6 Å². The quantitative estimate of drug-likeness (QED) is 0.394. The lowest BCUT2D eigenvalue weighted by Gasteiger charge is -2.12. The number of aromatic nitrogens is 2. The first-order chi connectivity index (χ1) is 14.0. The smallest absolute Gasteiger partial charge is 0.338 e. The number of ether oxygens (including phenoxy) is 1. The average Bonchev–Trinajstić information content (AvgIpc) is 3.35. The summed E-state index contributed by atoms with van der Waals surface area (Å²) in [6.07, 6.45) is 5.89. The van der Waals surface area contributed by atoms with Crippen molar-refractivity contribution in [1.29, 1.82) is 0 Å². The third kappa shape index (κ3) is 5.87. The minimum Gasteiger partial charge on any atom is -0.452 e. The summed E-state index contributed by atoms with van der Waals surface area (Å²) in [4.78, 5) is 35.7. The number of hydrogen-bond donors (Lipinski definition) is 2. The van der Waals surface area contributed by atoms with E-state index in [1.165, 1.54) is 23.1 Å². The molecule has 1 heterocycles. The first kappa shape index (κ1) is 21.5. The summed E-state index contributed by atoms with van der Waals surface area (Å²) < 4.78 is 8.06. The number of rotatable bonds is 6. The van der Waals surface area contributed by atoms with Gasteiger partial charge in [0.05, 0.1) is 11.3 Å². The van der Waals surface area contributed by atoms with Crippen molar-refractivity contribution in [2.45, 2.75) is 36.1 Å². The Balaban J connectivity index is 1.50. The van der Waals surface area contributed by atoms with Crippen LogP contribution >= 0.6 is 35.3 Å². The summed E-state index contributed by atoms with van der Waals surface area (Å²) in [6, 6.07) is 6.08. The summed E-state index contributed by atoms with van der Waals surface area (Å²) in [6.45, 7) is -0.535. The second-order valence-corrected chi connectivity index (χ2v) is 9.05. The Hall–Kier alpha value is -2.24. The van der Waals surface area contributed by atoms with E-state index in [1.54, 1.807) is 28.9 Å². The lowest BCUT2D eigenvalue weighted by Crippen LogP contribution is -2.44. The van der Waals surface area contributed by atoms with E-state index < -0.39 is 24.5 Å². The molecule has 2 N–H and O–H groups in total. The van der Waals surface area contributed by atoms with E-state index in [2.05, 4.69) is 15.7 Å². The van der Waals surface area contributed by atoms with Crippen LogP contribution in [0.1, 0.15) is 36.0 Å². The molecule has 0 radical (unpaired) electrons. The highest BCUT2D eigenvalue weighted by Crippen LogP contribution is 2.22. The van der Waals surface area contributed by atoms with E-state index >= 15 is 0 Å². The lowest BCUT2D eigenvalue weighted by molar-refractivity contribution is -0.123. The number of amides is 3. The third-order valence-electron chi connectivity index (χ3n) is 4.33. The maximum Gasteiger partial charge on any atom is 0.338 e. The number of carbonyl (C=O) groups is 3. The van der Waals surface area contributed by atoms with Crippen LogP contribution in [0.15, 0.2) is 28.6 Å². The topological polar surface area (TPSA) is 102 Å². The van der Waals surface area contributed by atoms with Crippen molar-refractivity contribution in [3.8, 4) is 5.69 Å². The zero-order valence-electron chi connectivity index (χ0n) is 15.7. The average molecular weight is 453 g/mol. The summed E-state index contributed by atoms with van der Waals surface area (Å²) >= 11 is 8.21. The Labute approximate surface area is 181 Å². The van der Waals surface area contributed by atoms with Crippen LogP contribution in [0.3, 0.4) is 0 Å². The van der Waals surface area contributed by atoms with E-state index in [1.807, 2.05) is 6.26 Å². The zero-order valence-corrected chi connectivity index (χ0v) is 18.1. The Morgan fingerprint density at radius 2 is 1.97 bits per heavy atom. The number of hydrogen-bond acceptors (Lipinski definition) is 8. The summed E-state index contributed by atoms with van der Waals surface area (Å²) in [5, 5.41) is 9.28. The molecule has 1 fully saturated rings. The Morgan fingerprint density at radius 3 is 2.59 bits per heavy atom. The van der Waals surface area contributed by atoms with Gasteiger partial charge in [-0.3, -0.25) is 10.1 Å². The minimum atomic E-state index is -0.677. The minimum absolute atomic E-state index is 0.0992. The predicted molar refractivity (Wildman–Crippen MR) is 113 cm³/mol. The molecule has 3 rings (SSSR count). The second-order valence-electron chi connectivity index (χ2n) is 6.38. The second kappa shape index (κ2) is 9.99. The van der Waals surface area contributed by atoms with Crippen LogP contribution in [0.2, 0.25) is 0 Å². The molecule has 11 heteroatoms. The van der Waals surface area contributed by atoms with Crippen LogP contribution in [0, 0.1) is 3.95 Å². The van der Waals surface area contributed by atoms with E-state index in [9.17, 15) is 14.4 Å². The lowest BCUT2D eigenvalue weighted by atomic mass is 10.2. The molecule has 29 heavy (non-hydrogen) atoms. The molecule has 2 aromatic rings. The van der Waals surface area contributed by atoms with Crippen molar-refractivity contribution >= 4 is 53.2 Å². The fourth-order valence-corrected chi connectivity index (χ4v) is 4.69. The number of benzene rings is 1. The molecule has 1 aliphatic carbocycles. The van der Waals surface area contributed by atoms with E-state index in [0.29, 0.717) is 3.95 Å².